The van der Waals surface area contributed by atoms with Crippen molar-refractivity contribution in [1.29, 1.82) is 0 Å². The number of nitrogens with zero attached hydrogens (tertiary/aromatic N) is 3. The smallest absolute Gasteiger partial charge is 0.164 e. The molecule has 0 amide bonds. The van der Waals surface area contributed by atoms with E-state index in [0.29, 0.717) is 17.5 Å². The fourth-order valence-corrected chi connectivity index (χ4v) is 6.34. The largest absolute Gasteiger partial charge is 0.456 e. The maximum atomic E-state index is 6.37. The van der Waals surface area contributed by atoms with Crippen molar-refractivity contribution < 1.29 is 4.42 Å². The van der Waals surface area contributed by atoms with E-state index in [9.17, 15) is 0 Å². The number of hydrogen-bond acceptors (Lipinski definition) is 4. The summed E-state index contributed by atoms with van der Waals surface area (Å²) in [5, 5.41) is 4.34. The number of furan rings is 1. The van der Waals surface area contributed by atoms with Gasteiger partial charge in [-0.15, -0.1) is 0 Å². The summed E-state index contributed by atoms with van der Waals surface area (Å²) < 4.78 is 6.37. The SMILES string of the molecule is c1ccc(-c2ccc(-c3ccc(-c4nc(-c5ccccc5)nc(-c5cccc6oc7cc8ccccc8cc7c56)n4)cc3)cc2)cc1. The van der Waals surface area contributed by atoms with Crippen molar-refractivity contribution in [2.75, 3.05) is 0 Å². The molecule has 0 aliphatic carbocycles. The summed E-state index contributed by atoms with van der Waals surface area (Å²) in [6.45, 7) is 0. The second-order valence-electron chi connectivity index (χ2n) is 11.7. The Balaban J connectivity index is 1.16. The Kier molecular flexibility index (Phi) is 6.43. The molecule has 9 rings (SSSR count). The lowest BCUT2D eigenvalue weighted by Crippen LogP contribution is -2.00. The summed E-state index contributed by atoms with van der Waals surface area (Å²) in [6, 6.07) is 56.4. The fraction of sp³-hybridized carbons (Fsp3) is 0. The van der Waals surface area contributed by atoms with Crippen molar-refractivity contribution in [2.24, 2.45) is 0 Å². The number of rotatable bonds is 5. The zero-order chi connectivity index (χ0) is 31.2. The third kappa shape index (κ3) is 4.93. The van der Waals surface area contributed by atoms with Gasteiger partial charge in [-0.1, -0.05) is 146 Å². The Morgan fingerprint density at radius 2 is 0.809 bits per heavy atom. The van der Waals surface area contributed by atoms with Gasteiger partial charge >= 0.3 is 0 Å². The van der Waals surface area contributed by atoms with Crippen molar-refractivity contribution in [2.45, 2.75) is 0 Å². The average Bonchev–Trinajstić information content (AvgIpc) is 3.52. The standard InChI is InChI=1S/C43H27N3O/c1-3-10-28(11-4-1)29-18-20-30(21-19-29)31-22-24-33(25-23-31)42-44-41(32-12-5-2-6-13-32)45-43(46-42)36-16-9-17-38-40(36)37-26-34-14-7-8-15-35(34)27-39(37)47-38/h1-27H. The number of benzene rings is 7. The molecule has 0 unspecified atom stereocenters. The summed E-state index contributed by atoms with van der Waals surface area (Å²) in [7, 11) is 0. The molecule has 0 bridgehead atoms. The fourth-order valence-electron chi connectivity index (χ4n) is 6.34. The van der Waals surface area contributed by atoms with E-state index in [-0.39, 0.29) is 0 Å². The molecule has 0 saturated carbocycles. The first-order valence-electron chi connectivity index (χ1n) is 15.7. The van der Waals surface area contributed by atoms with Gasteiger partial charge in [0.25, 0.3) is 0 Å². The highest BCUT2D eigenvalue weighted by atomic mass is 16.3. The summed E-state index contributed by atoms with van der Waals surface area (Å²) in [4.78, 5) is 15.1. The summed E-state index contributed by atoms with van der Waals surface area (Å²) >= 11 is 0. The maximum Gasteiger partial charge on any atom is 0.164 e. The molecule has 2 aromatic heterocycles. The molecule has 0 spiro atoms. The third-order valence-electron chi connectivity index (χ3n) is 8.74. The van der Waals surface area contributed by atoms with Crippen LogP contribution in [0, 0.1) is 0 Å². The van der Waals surface area contributed by atoms with Gasteiger partial charge in [0.1, 0.15) is 11.2 Å². The lowest BCUT2D eigenvalue weighted by Gasteiger charge is -2.10. The van der Waals surface area contributed by atoms with Crippen LogP contribution in [0.2, 0.25) is 0 Å². The molecular formula is C43H27N3O. The van der Waals surface area contributed by atoms with Crippen molar-refractivity contribution in [3.63, 3.8) is 0 Å². The van der Waals surface area contributed by atoms with Crippen molar-refractivity contribution in [1.82, 2.24) is 15.0 Å². The molecule has 47 heavy (non-hydrogen) atoms. The van der Waals surface area contributed by atoms with Gasteiger partial charge in [-0.3, -0.25) is 0 Å². The maximum absolute atomic E-state index is 6.37. The lowest BCUT2D eigenvalue weighted by atomic mass is 9.99. The van der Waals surface area contributed by atoms with Crippen LogP contribution in [-0.4, -0.2) is 15.0 Å². The predicted molar refractivity (Wildman–Crippen MR) is 192 cm³/mol. The second kappa shape index (κ2) is 11.2. The van der Waals surface area contributed by atoms with Crippen LogP contribution in [0.3, 0.4) is 0 Å². The molecule has 4 nitrogen and oxygen atoms in total. The molecule has 0 saturated heterocycles. The van der Waals surface area contributed by atoms with Crippen LogP contribution in [0.5, 0.6) is 0 Å². The zero-order valence-corrected chi connectivity index (χ0v) is 25.3. The highest BCUT2D eigenvalue weighted by molar-refractivity contribution is 6.15. The molecular weight excluding hydrogens is 574 g/mol. The first-order valence-corrected chi connectivity index (χ1v) is 15.7. The van der Waals surface area contributed by atoms with Crippen LogP contribution in [0.1, 0.15) is 0 Å². The van der Waals surface area contributed by atoms with E-state index in [0.717, 1.165) is 60.5 Å². The molecule has 0 radical (unpaired) electrons. The quantitative estimate of drug-likeness (QED) is 0.197. The van der Waals surface area contributed by atoms with Crippen molar-refractivity contribution in [3.8, 4) is 56.4 Å². The van der Waals surface area contributed by atoms with E-state index in [2.05, 4.69) is 109 Å². The Morgan fingerprint density at radius 1 is 0.340 bits per heavy atom. The van der Waals surface area contributed by atoms with Gasteiger partial charge in [-0.05, 0) is 51.2 Å². The predicted octanol–water partition coefficient (Wildman–Crippen LogP) is 11.3. The highest BCUT2D eigenvalue weighted by Gasteiger charge is 2.18. The van der Waals surface area contributed by atoms with Crippen molar-refractivity contribution >= 4 is 32.7 Å². The van der Waals surface area contributed by atoms with Gasteiger partial charge in [-0.2, -0.15) is 0 Å². The highest BCUT2D eigenvalue weighted by Crippen LogP contribution is 2.38. The second-order valence-corrected chi connectivity index (χ2v) is 11.7. The molecule has 7 aromatic carbocycles. The van der Waals surface area contributed by atoms with E-state index in [1.54, 1.807) is 0 Å². The molecule has 0 fully saturated rings. The van der Waals surface area contributed by atoms with Crippen LogP contribution in [-0.2, 0) is 0 Å². The monoisotopic (exact) mass is 601 g/mol. The summed E-state index contributed by atoms with van der Waals surface area (Å²) in [5.74, 6) is 1.85. The van der Waals surface area contributed by atoms with E-state index < -0.39 is 0 Å². The summed E-state index contributed by atoms with van der Waals surface area (Å²) in [5.41, 5.74) is 9.11. The Hall–Kier alpha value is -6.39. The van der Waals surface area contributed by atoms with Gasteiger partial charge in [0.15, 0.2) is 17.5 Å². The van der Waals surface area contributed by atoms with Gasteiger partial charge in [0, 0.05) is 27.5 Å². The van der Waals surface area contributed by atoms with E-state index in [1.807, 2.05) is 54.6 Å². The lowest BCUT2D eigenvalue weighted by molar-refractivity contribution is 0.669. The molecule has 4 heteroatoms. The van der Waals surface area contributed by atoms with E-state index in [4.69, 9.17) is 19.4 Å². The van der Waals surface area contributed by atoms with Crippen LogP contribution in [0.25, 0.3) is 89.1 Å². The zero-order valence-electron chi connectivity index (χ0n) is 25.3. The molecule has 9 aromatic rings. The molecule has 0 aliphatic rings. The normalized spacial score (nSPS) is 11.4. The van der Waals surface area contributed by atoms with Crippen LogP contribution in [0.15, 0.2) is 168 Å². The molecule has 220 valence electrons. The Morgan fingerprint density at radius 3 is 1.43 bits per heavy atom. The Bertz CT molecular complexity index is 2540. The molecule has 0 aliphatic heterocycles. The molecule has 0 atom stereocenters. The average molecular weight is 602 g/mol. The number of aromatic nitrogens is 3. The Labute approximate surface area is 271 Å². The first-order chi connectivity index (χ1) is 23.3. The first kappa shape index (κ1) is 27.0. The van der Waals surface area contributed by atoms with Gasteiger partial charge < -0.3 is 4.42 Å². The van der Waals surface area contributed by atoms with Gasteiger partial charge in [-0.25, -0.2) is 15.0 Å². The summed E-state index contributed by atoms with van der Waals surface area (Å²) in [6.07, 6.45) is 0. The van der Waals surface area contributed by atoms with Crippen LogP contribution in [0.4, 0.5) is 0 Å². The van der Waals surface area contributed by atoms with Gasteiger partial charge in [0.05, 0.1) is 0 Å². The van der Waals surface area contributed by atoms with Crippen LogP contribution < -0.4 is 0 Å². The van der Waals surface area contributed by atoms with E-state index >= 15 is 0 Å². The minimum absolute atomic E-state index is 0.607. The molecule has 0 N–H and O–H groups in total. The minimum Gasteiger partial charge on any atom is -0.456 e. The van der Waals surface area contributed by atoms with Gasteiger partial charge in [0.2, 0.25) is 0 Å². The number of fused-ring (bicyclic) bond motifs is 4. The third-order valence-corrected chi connectivity index (χ3v) is 8.74. The molecule has 2 heterocycles. The topological polar surface area (TPSA) is 51.8 Å². The number of hydrogen-bond donors (Lipinski definition) is 0. The minimum atomic E-state index is 0.607. The van der Waals surface area contributed by atoms with Crippen LogP contribution >= 0.6 is 0 Å². The van der Waals surface area contributed by atoms with Crippen molar-refractivity contribution in [3.05, 3.63) is 164 Å². The van der Waals surface area contributed by atoms with E-state index in [1.165, 1.54) is 11.1 Å².